The summed E-state index contributed by atoms with van der Waals surface area (Å²) >= 11 is 0. The Morgan fingerprint density at radius 2 is 1.67 bits per heavy atom. The summed E-state index contributed by atoms with van der Waals surface area (Å²) < 4.78 is 5.48. The smallest absolute Gasteiger partial charge is 0.410 e. The summed E-state index contributed by atoms with van der Waals surface area (Å²) in [4.78, 5) is 29.4. The molecule has 6 nitrogen and oxygen atoms in total. The van der Waals surface area contributed by atoms with Crippen molar-refractivity contribution in [3.05, 3.63) is 35.4 Å². The Balaban J connectivity index is 1.58. The van der Waals surface area contributed by atoms with Crippen molar-refractivity contribution in [3.8, 4) is 0 Å². The predicted octanol–water partition coefficient (Wildman–Crippen LogP) is 4.08. The number of nitrogens with one attached hydrogen (secondary N) is 1. The van der Waals surface area contributed by atoms with E-state index in [4.69, 9.17) is 4.74 Å². The maximum atomic E-state index is 12.9. The van der Waals surface area contributed by atoms with Gasteiger partial charge in [-0.05, 0) is 70.7 Å². The number of benzene rings is 1. The zero-order valence-electron chi connectivity index (χ0n) is 18.8. The van der Waals surface area contributed by atoms with E-state index < -0.39 is 17.7 Å². The molecule has 0 spiro atoms. The van der Waals surface area contributed by atoms with Gasteiger partial charge < -0.3 is 10.1 Å². The van der Waals surface area contributed by atoms with Gasteiger partial charge in [-0.25, -0.2) is 4.79 Å². The number of likely N-dealkylation sites (tertiary alicyclic amines) is 2. The molecule has 6 heteroatoms. The zero-order chi connectivity index (χ0) is 21.6. The number of amides is 2. The molecule has 30 heavy (non-hydrogen) atoms. The van der Waals surface area contributed by atoms with Crippen molar-refractivity contribution in [1.82, 2.24) is 15.1 Å². The molecule has 1 atom stereocenters. The summed E-state index contributed by atoms with van der Waals surface area (Å²) in [6, 6.07) is 7.90. The third-order valence-electron chi connectivity index (χ3n) is 5.85. The van der Waals surface area contributed by atoms with Crippen LogP contribution in [0.3, 0.4) is 0 Å². The lowest BCUT2D eigenvalue weighted by Crippen LogP contribution is -2.47. The highest BCUT2D eigenvalue weighted by Crippen LogP contribution is 2.22. The molecule has 2 saturated heterocycles. The lowest BCUT2D eigenvalue weighted by molar-refractivity contribution is -0.125. The van der Waals surface area contributed by atoms with Crippen LogP contribution < -0.4 is 5.32 Å². The number of hydrogen-bond acceptors (Lipinski definition) is 4. The van der Waals surface area contributed by atoms with Crippen LogP contribution in [0.2, 0.25) is 0 Å². The van der Waals surface area contributed by atoms with Crippen LogP contribution in [0.1, 0.15) is 70.4 Å². The fourth-order valence-corrected chi connectivity index (χ4v) is 4.30. The van der Waals surface area contributed by atoms with Gasteiger partial charge in [0, 0.05) is 19.6 Å². The summed E-state index contributed by atoms with van der Waals surface area (Å²) in [5, 5.41) is 3.07. The molecule has 2 amide bonds. The number of ether oxygens (including phenoxy) is 1. The lowest BCUT2D eigenvalue weighted by Gasteiger charge is -2.28. The Kier molecular flexibility index (Phi) is 7.75. The molecule has 2 aliphatic rings. The third-order valence-corrected chi connectivity index (χ3v) is 5.85. The van der Waals surface area contributed by atoms with Crippen LogP contribution in [0.15, 0.2) is 24.3 Å². The van der Waals surface area contributed by atoms with Gasteiger partial charge in [-0.1, -0.05) is 37.1 Å². The summed E-state index contributed by atoms with van der Waals surface area (Å²) in [6.07, 6.45) is 6.28. The molecular weight excluding hydrogens is 378 g/mol. The topological polar surface area (TPSA) is 61.9 Å². The van der Waals surface area contributed by atoms with E-state index in [-0.39, 0.29) is 5.91 Å². The first-order valence-corrected chi connectivity index (χ1v) is 11.4. The van der Waals surface area contributed by atoms with Crippen molar-refractivity contribution in [1.29, 1.82) is 0 Å². The summed E-state index contributed by atoms with van der Waals surface area (Å²) in [7, 11) is 0. The SMILES string of the molecule is CC(C)(C)OC(=O)N1CCCC1C(=O)NCc1ccccc1CN1CCCCCC1. The molecule has 2 heterocycles. The number of carbonyl (C=O) groups is 2. The van der Waals surface area contributed by atoms with Crippen molar-refractivity contribution in [2.75, 3.05) is 19.6 Å². The van der Waals surface area contributed by atoms with Crippen molar-refractivity contribution in [2.45, 2.75) is 84.0 Å². The van der Waals surface area contributed by atoms with E-state index in [0.717, 1.165) is 31.6 Å². The van der Waals surface area contributed by atoms with Crippen LogP contribution in [0.4, 0.5) is 4.79 Å². The minimum absolute atomic E-state index is 0.0945. The van der Waals surface area contributed by atoms with Crippen LogP contribution in [0, 0.1) is 0 Å². The van der Waals surface area contributed by atoms with E-state index >= 15 is 0 Å². The van der Waals surface area contributed by atoms with E-state index in [1.165, 1.54) is 31.2 Å². The van der Waals surface area contributed by atoms with Gasteiger partial charge in [-0.3, -0.25) is 14.6 Å². The molecule has 1 N–H and O–H groups in total. The molecule has 0 bridgehead atoms. The minimum atomic E-state index is -0.563. The maximum Gasteiger partial charge on any atom is 0.410 e. The Morgan fingerprint density at radius 3 is 2.33 bits per heavy atom. The Morgan fingerprint density at radius 1 is 1.00 bits per heavy atom. The highest BCUT2D eigenvalue weighted by molar-refractivity contribution is 5.86. The molecule has 1 aromatic rings. The standard InChI is InChI=1S/C24H37N3O3/c1-24(2,3)30-23(29)27-16-10-13-21(27)22(28)25-17-19-11-6-7-12-20(19)18-26-14-8-4-5-9-15-26/h6-7,11-12,21H,4-5,8-10,13-18H2,1-3H3,(H,25,28). The van der Waals surface area contributed by atoms with Gasteiger partial charge in [0.05, 0.1) is 0 Å². The Hall–Kier alpha value is -2.08. The van der Waals surface area contributed by atoms with E-state index in [2.05, 4.69) is 28.4 Å². The van der Waals surface area contributed by atoms with Gasteiger partial charge >= 0.3 is 6.09 Å². The fraction of sp³-hybridized carbons (Fsp3) is 0.667. The first-order chi connectivity index (χ1) is 14.3. The molecule has 3 rings (SSSR count). The second-order valence-electron chi connectivity index (χ2n) is 9.51. The van der Waals surface area contributed by atoms with E-state index in [9.17, 15) is 9.59 Å². The molecule has 0 aromatic heterocycles. The largest absolute Gasteiger partial charge is 0.444 e. The molecule has 2 aliphatic heterocycles. The quantitative estimate of drug-likeness (QED) is 0.787. The number of carbonyl (C=O) groups excluding carboxylic acids is 2. The molecule has 1 aromatic carbocycles. The van der Waals surface area contributed by atoms with E-state index in [0.29, 0.717) is 19.5 Å². The van der Waals surface area contributed by atoms with Crippen LogP contribution >= 0.6 is 0 Å². The summed E-state index contributed by atoms with van der Waals surface area (Å²) in [6.45, 7) is 9.81. The highest BCUT2D eigenvalue weighted by Gasteiger charge is 2.36. The molecule has 166 valence electrons. The average Bonchev–Trinajstić information content (AvgIpc) is 3.05. The van der Waals surface area contributed by atoms with Crippen molar-refractivity contribution in [2.24, 2.45) is 0 Å². The fourth-order valence-electron chi connectivity index (χ4n) is 4.30. The van der Waals surface area contributed by atoms with Crippen LogP contribution in [0.25, 0.3) is 0 Å². The lowest BCUT2D eigenvalue weighted by atomic mass is 10.1. The van der Waals surface area contributed by atoms with Gasteiger partial charge in [0.25, 0.3) is 0 Å². The summed E-state index contributed by atoms with van der Waals surface area (Å²) in [5.41, 5.74) is 1.86. The monoisotopic (exact) mass is 415 g/mol. The second-order valence-corrected chi connectivity index (χ2v) is 9.51. The molecule has 0 radical (unpaired) electrons. The van der Waals surface area contributed by atoms with Crippen molar-refractivity contribution in [3.63, 3.8) is 0 Å². The molecule has 0 aliphatic carbocycles. The molecule has 2 fully saturated rings. The van der Waals surface area contributed by atoms with Crippen LogP contribution in [-0.4, -0.2) is 53.1 Å². The van der Waals surface area contributed by atoms with Crippen LogP contribution in [-0.2, 0) is 22.6 Å². The minimum Gasteiger partial charge on any atom is -0.444 e. The first-order valence-electron chi connectivity index (χ1n) is 11.4. The van der Waals surface area contributed by atoms with E-state index in [1.54, 1.807) is 4.90 Å². The first kappa shape index (κ1) is 22.6. The maximum absolute atomic E-state index is 12.9. The van der Waals surface area contributed by atoms with E-state index in [1.807, 2.05) is 26.8 Å². The van der Waals surface area contributed by atoms with Gasteiger partial charge in [0.1, 0.15) is 11.6 Å². The summed E-state index contributed by atoms with van der Waals surface area (Å²) in [5.74, 6) is -0.0945. The molecule has 0 saturated carbocycles. The highest BCUT2D eigenvalue weighted by atomic mass is 16.6. The normalized spacial score (nSPS) is 20.6. The Labute approximate surface area is 180 Å². The number of hydrogen-bond donors (Lipinski definition) is 1. The third kappa shape index (κ3) is 6.46. The van der Waals surface area contributed by atoms with Crippen molar-refractivity contribution >= 4 is 12.0 Å². The second kappa shape index (κ2) is 10.3. The number of nitrogens with zero attached hydrogens (tertiary/aromatic N) is 2. The van der Waals surface area contributed by atoms with Gasteiger partial charge in [-0.15, -0.1) is 0 Å². The average molecular weight is 416 g/mol. The van der Waals surface area contributed by atoms with Crippen molar-refractivity contribution < 1.29 is 14.3 Å². The van der Waals surface area contributed by atoms with Gasteiger partial charge in [0.2, 0.25) is 5.91 Å². The molecular formula is C24H37N3O3. The zero-order valence-corrected chi connectivity index (χ0v) is 18.8. The predicted molar refractivity (Wildman–Crippen MR) is 118 cm³/mol. The Bertz CT molecular complexity index is 721. The van der Waals surface area contributed by atoms with Gasteiger partial charge in [0.15, 0.2) is 0 Å². The number of rotatable bonds is 5. The van der Waals surface area contributed by atoms with Gasteiger partial charge in [-0.2, -0.15) is 0 Å². The molecule has 1 unspecified atom stereocenters. The van der Waals surface area contributed by atoms with Crippen LogP contribution in [0.5, 0.6) is 0 Å².